The van der Waals surface area contributed by atoms with Gasteiger partial charge in [-0.15, -0.1) is 0 Å². The van der Waals surface area contributed by atoms with Crippen molar-refractivity contribution >= 4 is 50.2 Å². The summed E-state index contributed by atoms with van der Waals surface area (Å²) in [5.41, 5.74) is 2.28. The number of benzene rings is 3. The van der Waals surface area contributed by atoms with Gasteiger partial charge in [0.15, 0.2) is 0 Å². The van der Waals surface area contributed by atoms with Crippen LogP contribution < -0.4 is 10.6 Å². The van der Waals surface area contributed by atoms with Crippen LogP contribution >= 0.6 is 15.9 Å². The van der Waals surface area contributed by atoms with E-state index in [0.717, 1.165) is 10.9 Å². The first-order valence-corrected chi connectivity index (χ1v) is 9.72. The molecule has 142 valence electrons. The molecule has 1 heterocycles. The zero-order chi connectivity index (χ0) is 20.2. The highest BCUT2D eigenvalue weighted by Gasteiger charge is 2.12. The van der Waals surface area contributed by atoms with E-state index in [0.29, 0.717) is 27.1 Å². The van der Waals surface area contributed by atoms with E-state index in [9.17, 15) is 9.59 Å². The molecule has 0 aliphatic heterocycles. The molecule has 0 aliphatic carbocycles. The van der Waals surface area contributed by atoms with E-state index >= 15 is 0 Å². The number of carbonyl (C=O) groups is 2. The average Bonchev–Trinajstić information content (AvgIpc) is 2.74. The van der Waals surface area contributed by atoms with Crippen LogP contribution in [0, 0.1) is 0 Å². The van der Waals surface area contributed by atoms with Gasteiger partial charge < -0.3 is 10.6 Å². The molecular formula is C23H16BrN3O2. The van der Waals surface area contributed by atoms with E-state index < -0.39 is 0 Å². The summed E-state index contributed by atoms with van der Waals surface area (Å²) in [6.45, 7) is 0. The third-order valence-electron chi connectivity index (χ3n) is 4.34. The van der Waals surface area contributed by atoms with Gasteiger partial charge in [-0.25, -0.2) is 4.98 Å². The van der Waals surface area contributed by atoms with Gasteiger partial charge in [0, 0.05) is 21.1 Å². The van der Waals surface area contributed by atoms with Crippen LogP contribution in [0.5, 0.6) is 0 Å². The number of nitrogens with one attached hydrogen (secondary N) is 2. The summed E-state index contributed by atoms with van der Waals surface area (Å²) in [5.74, 6) is -0.0904. The number of fused-ring (bicyclic) bond motifs is 1. The molecule has 29 heavy (non-hydrogen) atoms. The van der Waals surface area contributed by atoms with E-state index in [2.05, 4.69) is 31.5 Å². The van der Waals surface area contributed by atoms with Crippen molar-refractivity contribution < 1.29 is 9.59 Å². The van der Waals surface area contributed by atoms with Crippen LogP contribution in [0.25, 0.3) is 10.9 Å². The van der Waals surface area contributed by atoms with Crippen LogP contribution in [-0.2, 0) is 0 Å². The SMILES string of the molecule is O=C(Nc1ccc2ccccc2n1)c1cccc(NC(=O)c2ccccc2Br)c1. The Hall–Kier alpha value is -3.51. The average molecular weight is 446 g/mol. The molecule has 0 unspecified atom stereocenters. The minimum Gasteiger partial charge on any atom is -0.322 e. The maximum absolute atomic E-state index is 12.6. The molecule has 0 aliphatic rings. The highest BCUT2D eigenvalue weighted by Crippen LogP contribution is 2.19. The molecule has 5 nitrogen and oxygen atoms in total. The van der Waals surface area contributed by atoms with Gasteiger partial charge in [0.05, 0.1) is 11.1 Å². The van der Waals surface area contributed by atoms with Gasteiger partial charge in [-0.1, -0.05) is 36.4 Å². The lowest BCUT2D eigenvalue weighted by molar-refractivity contribution is 0.101. The first-order valence-electron chi connectivity index (χ1n) is 8.93. The van der Waals surface area contributed by atoms with E-state index in [1.165, 1.54) is 0 Å². The van der Waals surface area contributed by atoms with Crippen LogP contribution in [-0.4, -0.2) is 16.8 Å². The molecule has 0 radical (unpaired) electrons. The first-order chi connectivity index (χ1) is 14.1. The number of carbonyl (C=O) groups excluding carboxylic acids is 2. The maximum atomic E-state index is 12.6. The van der Waals surface area contributed by atoms with Crippen molar-refractivity contribution in [1.29, 1.82) is 0 Å². The molecule has 0 fully saturated rings. The molecule has 3 aromatic carbocycles. The van der Waals surface area contributed by atoms with Gasteiger partial charge in [-0.2, -0.15) is 0 Å². The van der Waals surface area contributed by atoms with E-state index in [1.807, 2.05) is 36.4 Å². The minimum absolute atomic E-state index is 0.258. The van der Waals surface area contributed by atoms with Gasteiger partial charge in [0.25, 0.3) is 11.8 Å². The Morgan fingerprint density at radius 2 is 1.55 bits per heavy atom. The van der Waals surface area contributed by atoms with Crippen molar-refractivity contribution in [2.45, 2.75) is 0 Å². The zero-order valence-corrected chi connectivity index (χ0v) is 16.8. The number of pyridine rings is 1. The second kappa shape index (κ2) is 8.24. The van der Waals surface area contributed by atoms with Crippen LogP contribution in [0.3, 0.4) is 0 Å². The fraction of sp³-hybridized carbons (Fsp3) is 0. The molecular weight excluding hydrogens is 430 g/mol. The number of hydrogen-bond acceptors (Lipinski definition) is 3. The third-order valence-corrected chi connectivity index (χ3v) is 5.03. The lowest BCUT2D eigenvalue weighted by Gasteiger charge is -2.09. The van der Waals surface area contributed by atoms with Gasteiger partial charge >= 0.3 is 0 Å². The number of rotatable bonds is 4. The van der Waals surface area contributed by atoms with Crippen molar-refractivity contribution in [2.24, 2.45) is 0 Å². The van der Waals surface area contributed by atoms with Crippen molar-refractivity contribution in [3.63, 3.8) is 0 Å². The predicted octanol–water partition coefficient (Wildman–Crippen LogP) is 5.50. The molecule has 2 amide bonds. The van der Waals surface area contributed by atoms with E-state index in [1.54, 1.807) is 48.5 Å². The molecule has 1 aromatic heterocycles. The molecule has 0 spiro atoms. The number of aromatic nitrogens is 1. The van der Waals surface area contributed by atoms with Crippen LogP contribution in [0.2, 0.25) is 0 Å². The molecule has 6 heteroatoms. The van der Waals surface area contributed by atoms with Crippen molar-refractivity contribution in [3.8, 4) is 0 Å². The zero-order valence-electron chi connectivity index (χ0n) is 15.2. The molecule has 0 bridgehead atoms. The van der Waals surface area contributed by atoms with Gasteiger partial charge in [0.1, 0.15) is 5.82 Å². The van der Waals surface area contributed by atoms with Crippen LogP contribution in [0.15, 0.2) is 89.4 Å². The van der Waals surface area contributed by atoms with Gasteiger partial charge in [-0.3, -0.25) is 9.59 Å². The largest absolute Gasteiger partial charge is 0.322 e. The number of hydrogen-bond donors (Lipinski definition) is 2. The first kappa shape index (κ1) is 18.8. The Labute approximate surface area is 175 Å². The second-order valence-corrected chi connectivity index (χ2v) is 7.21. The number of anilines is 2. The number of para-hydroxylation sites is 1. The maximum Gasteiger partial charge on any atom is 0.256 e. The molecule has 0 saturated heterocycles. The topological polar surface area (TPSA) is 71.1 Å². The van der Waals surface area contributed by atoms with E-state index in [-0.39, 0.29) is 11.8 Å². The summed E-state index contributed by atoms with van der Waals surface area (Å²) in [5, 5.41) is 6.62. The Morgan fingerprint density at radius 3 is 2.41 bits per heavy atom. The minimum atomic E-state index is -0.301. The Morgan fingerprint density at radius 1 is 0.759 bits per heavy atom. The standard InChI is InChI=1S/C23H16BrN3O2/c24-19-10-3-2-9-18(19)23(29)25-17-8-5-7-16(14-17)22(28)27-21-13-12-15-6-1-4-11-20(15)26-21/h1-14H,(H,25,29)(H,26,27,28). The summed E-state index contributed by atoms with van der Waals surface area (Å²) < 4.78 is 0.703. The lowest BCUT2D eigenvalue weighted by atomic mass is 10.1. The monoisotopic (exact) mass is 445 g/mol. The van der Waals surface area contributed by atoms with Crippen molar-refractivity contribution in [3.05, 3.63) is 101 Å². The summed E-state index contributed by atoms with van der Waals surface area (Å²) in [4.78, 5) is 29.6. The van der Waals surface area contributed by atoms with Crippen molar-refractivity contribution in [1.82, 2.24) is 4.98 Å². The molecule has 4 aromatic rings. The highest BCUT2D eigenvalue weighted by molar-refractivity contribution is 9.10. The third kappa shape index (κ3) is 4.33. The molecule has 0 atom stereocenters. The molecule has 4 rings (SSSR count). The Balaban J connectivity index is 1.50. The fourth-order valence-electron chi connectivity index (χ4n) is 2.91. The van der Waals surface area contributed by atoms with Crippen LogP contribution in [0.4, 0.5) is 11.5 Å². The summed E-state index contributed by atoms with van der Waals surface area (Å²) in [7, 11) is 0. The highest BCUT2D eigenvalue weighted by atomic mass is 79.9. The number of amides is 2. The second-order valence-electron chi connectivity index (χ2n) is 6.36. The Bertz CT molecular complexity index is 1220. The predicted molar refractivity (Wildman–Crippen MR) is 118 cm³/mol. The summed E-state index contributed by atoms with van der Waals surface area (Å²) in [6.07, 6.45) is 0. The van der Waals surface area contributed by atoms with Gasteiger partial charge in [-0.05, 0) is 64.5 Å². The quantitative estimate of drug-likeness (QED) is 0.435. The van der Waals surface area contributed by atoms with E-state index in [4.69, 9.17) is 0 Å². The normalized spacial score (nSPS) is 10.5. The fourth-order valence-corrected chi connectivity index (χ4v) is 3.37. The molecule has 0 saturated carbocycles. The van der Waals surface area contributed by atoms with Crippen molar-refractivity contribution in [2.75, 3.05) is 10.6 Å². The Kier molecular flexibility index (Phi) is 5.35. The summed E-state index contributed by atoms with van der Waals surface area (Å²) in [6, 6.07) is 25.3. The lowest BCUT2D eigenvalue weighted by Crippen LogP contribution is -2.15. The number of halogens is 1. The van der Waals surface area contributed by atoms with Crippen LogP contribution in [0.1, 0.15) is 20.7 Å². The molecule has 2 N–H and O–H groups in total. The summed E-state index contributed by atoms with van der Waals surface area (Å²) >= 11 is 3.37. The smallest absolute Gasteiger partial charge is 0.256 e. The number of nitrogens with zero attached hydrogens (tertiary/aromatic N) is 1. The van der Waals surface area contributed by atoms with Gasteiger partial charge in [0.2, 0.25) is 0 Å².